The second kappa shape index (κ2) is 11.0. The van der Waals surface area contributed by atoms with E-state index in [1.54, 1.807) is 0 Å². The van der Waals surface area contributed by atoms with Gasteiger partial charge in [-0.05, 0) is 19.3 Å². The molecule has 2 heteroatoms. The zero-order chi connectivity index (χ0) is 13.0. The number of rotatable bonds is 12. The second-order valence-corrected chi connectivity index (χ2v) is 5.40. The maximum Gasteiger partial charge on any atom is 0.0799 e. The largest absolute Gasteiger partial charge is 0.324 e. The van der Waals surface area contributed by atoms with Gasteiger partial charge in [-0.25, -0.2) is 0 Å². The fourth-order valence-electron chi connectivity index (χ4n) is 2.57. The van der Waals surface area contributed by atoms with Crippen molar-refractivity contribution < 1.29 is 4.48 Å². The van der Waals surface area contributed by atoms with Crippen molar-refractivity contribution in [3.63, 3.8) is 0 Å². The Labute approximate surface area is 109 Å². The first-order valence-corrected chi connectivity index (χ1v) is 7.74. The Hall–Kier alpha value is -0.0800. The normalized spacial score (nSPS) is 12.0. The highest BCUT2D eigenvalue weighted by molar-refractivity contribution is 4.49. The first kappa shape index (κ1) is 16.9. The number of nitrogens with one attached hydrogen (secondary N) is 1. The van der Waals surface area contributed by atoms with Gasteiger partial charge in [0.1, 0.15) is 0 Å². The molecule has 0 heterocycles. The molecule has 0 aromatic heterocycles. The van der Waals surface area contributed by atoms with Gasteiger partial charge in [0.05, 0.1) is 26.2 Å². The smallest absolute Gasteiger partial charge is 0.0799 e. The molecule has 0 aliphatic carbocycles. The molecular formula is C15H34N2+. The van der Waals surface area contributed by atoms with Crippen LogP contribution in [0.5, 0.6) is 0 Å². The summed E-state index contributed by atoms with van der Waals surface area (Å²) < 4.78 is 1.30. The summed E-state index contributed by atoms with van der Waals surface area (Å²) in [4.78, 5) is 0. The van der Waals surface area contributed by atoms with Crippen molar-refractivity contribution in [2.24, 2.45) is 0 Å². The van der Waals surface area contributed by atoms with Crippen molar-refractivity contribution in [2.75, 3.05) is 32.7 Å². The van der Waals surface area contributed by atoms with E-state index < -0.39 is 0 Å². The summed E-state index contributed by atoms with van der Waals surface area (Å²) in [6.07, 6.45) is 9.05. The van der Waals surface area contributed by atoms with Crippen LogP contribution >= 0.6 is 0 Å². The lowest BCUT2D eigenvalue weighted by Gasteiger charge is -2.39. The van der Waals surface area contributed by atoms with E-state index in [-0.39, 0.29) is 0 Å². The van der Waals surface area contributed by atoms with Gasteiger partial charge in [0.2, 0.25) is 0 Å². The number of unbranched alkanes of at least 4 members (excludes halogenated alkanes) is 3. The quantitative estimate of drug-likeness (QED) is 0.464. The van der Waals surface area contributed by atoms with E-state index in [1.165, 1.54) is 69.2 Å². The molecule has 17 heavy (non-hydrogen) atoms. The van der Waals surface area contributed by atoms with Crippen LogP contribution in [0.1, 0.15) is 65.7 Å². The Morgan fingerprint density at radius 1 is 0.647 bits per heavy atom. The number of nitrogens with zero attached hydrogens (tertiary/aromatic N) is 1. The first-order valence-electron chi connectivity index (χ1n) is 7.74. The molecule has 0 rings (SSSR count). The Balaban J connectivity index is 4.39. The van der Waals surface area contributed by atoms with Crippen molar-refractivity contribution in [3.05, 3.63) is 0 Å². The molecule has 0 fully saturated rings. The molecule has 0 spiro atoms. The molecule has 0 aromatic rings. The predicted molar refractivity (Wildman–Crippen MR) is 77.0 cm³/mol. The molecule has 0 saturated heterocycles. The standard InChI is InChI=1S/C15H34N2/c1-4-7-12-17(13-8-5-2,14-9-6-3)15-10-11-16/h16H,4-15H2,1-3H3/q+1. The van der Waals surface area contributed by atoms with Crippen LogP contribution in [0.4, 0.5) is 0 Å². The lowest BCUT2D eigenvalue weighted by molar-refractivity contribution is -0.929. The monoisotopic (exact) mass is 242 g/mol. The SMILES string of the molecule is CCCC[N+](CCCC)(CCCC)CCC[NH]. The van der Waals surface area contributed by atoms with Crippen LogP contribution in [0.3, 0.4) is 0 Å². The third-order valence-corrected chi connectivity index (χ3v) is 3.77. The van der Waals surface area contributed by atoms with Gasteiger partial charge < -0.3 is 4.48 Å². The lowest BCUT2D eigenvalue weighted by atomic mass is 10.1. The highest BCUT2D eigenvalue weighted by Gasteiger charge is 2.24. The minimum Gasteiger partial charge on any atom is -0.324 e. The van der Waals surface area contributed by atoms with Crippen molar-refractivity contribution in [2.45, 2.75) is 65.7 Å². The zero-order valence-corrected chi connectivity index (χ0v) is 12.4. The zero-order valence-electron chi connectivity index (χ0n) is 12.4. The number of hydrogen-bond acceptors (Lipinski definition) is 0. The summed E-state index contributed by atoms with van der Waals surface area (Å²) in [5.41, 5.74) is 7.40. The van der Waals surface area contributed by atoms with E-state index in [4.69, 9.17) is 5.73 Å². The lowest BCUT2D eigenvalue weighted by Crippen LogP contribution is -2.51. The molecule has 0 unspecified atom stereocenters. The molecule has 0 aliphatic heterocycles. The molecule has 0 aliphatic rings. The molecule has 103 valence electrons. The average molecular weight is 242 g/mol. The van der Waals surface area contributed by atoms with Gasteiger partial charge in [-0.1, -0.05) is 40.0 Å². The minimum absolute atomic E-state index is 0.602. The molecule has 0 saturated carbocycles. The van der Waals surface area contributed by atoms with Gasteiger partial charge >= 0.3 is 0 Å². The van der Waals surface area contributed by atoms with Gasteiger partial charge in [0, 0.05) is 13.0 Å². The van der Waals surface area contributed by atoms with Crippen LogP contribution < -0.4 is 5.73 Å². The summed E-state index contributed by atoms with van der Waals surface area (Å²) in [5, 5.41) is 0. The molecule has 0 aromatic carbocycles. The van der Waals surface area contributed by atoms with Gasteiger partial charge in [0.15, 0.2) is 0 Å². The van der Waals surface area contributed by atoms with Gasteiger partial charge in [-0.2, -0.15) is 0 Å². The molecule has 0 amide bonds. The minimum atomic E-state index is 0.602. The fourth-order valence-corrected chi connectivity index (χ4v) is 2.57. The number of hydrogen-bond donors (Lipinski definition) is 0. The van der Waals surface area contributed by atoms with Crippen molar-refractivity contribution in [3.8, 4) is 0 Å². The van der Waals surface area contributed by atoms with Crippen molar-refractivity contribution >= 4 is 0 Å². The molecule has 2 nitrogen and oxygen atoms in total. The fraction of sp³-hybridized carbons (Fsp3) is 1.00. The molecular weight excluding hydrogens is 208 g/mol. The summed E-state index contributed by atoms with van der Waals surface area (Å²) in [6, 6.07) is 0. The number of quaternary nitrogens is 1. The van der Waals surface area contributed by atoms with Crippen LogP contribution in [-0.2, 0) is 0 Å². The van der Waals surface area contributed by atoms with Gasteiger partial charge in [0.25, 0.3) is 0 Å². The van der Waals surface area contributed by atoms with Crippen LogP contribution in [0.2, 0.25) is 0 Å². The van der Waals surface area contributed by atoms with Gasteiger partial charge in [-0.15, -0.1) is 0 Å². The topological polar surface area (TPSA) is 23.8 Å². The third kappa shape index (κ3) is 7.77. The summed E-state index contributed by atoms with van der Waals surface area (Å²) in [7, 11) is 0. The first-order chi connectivity index (χ1) is 8.24. The Morgan fingerprint density at radius 2 is 1.00 bits per heavy atom. The summed E-state index contributed by atoms with van der Waals surface area (Å²) in [6.45, 7) is 12.7. The molecule has 1 N–H and O–H groups in total. The highest BCUT2D eigenvalue weighted by atomic mass is 15.3. The molecule has 1 radical (unpaired) electrons. The summed E-state index contributed by atoms with van der Waals surface area (Å²) in [5.74, 6) is 0. The maximum atomic E-state index is 7.40. The molecule has 0 atom stereocenters. The van der Waals surface area contributed by atoms with E-state index in [0.717, 1.165) is 6.42 Å². The van der Waals surface area contributed by atoms with E-state index >= 15 is 0 Å². The van der Waals surface area contributed by atoms with Crippen LogP contribution in [-0.4, -0.2) is 37.2 Å². The Bertz CT molecular complexity index is 119. The Kier molecular flexibility index (Phi) is 11.0. The van der Waals surface area contributed by atoms with E-state index in [9.17, 15) is 0 Å². The van der Waals surface area contributed by atoms with Crippen LogP contribution in [0.25, 0.3) is 0 Å². The Morgan fingerprint density at radius 3 is 1.29 bits per heavy atom. The maximum absolute atomic E-state index is 7.40. The second-order valence-electron chi connectivity index (χ2n) is 5.40. The van der Waals surface area contributed by atoms with E-state index in [2.05, 4.69) is 20.8 Å². The van der Waals surface area contributed by atoms with E-state index in [0.29, 0.717) is 6.54 Å². The average Bonchev–Trinajstić information content (AvgIpc) is 2.37. The summed E-state index contributed by atoms with van der Waals surface area (Å²) >= 11 is 0. The predicted octanol–water partition coefficient (Wildman–Crippen LogP) is 3.88. The van der Waals surface area contributed by atoms with Crippen LogP contribution in [0.15, 0.2) is 0 Å². The molecule has 0 bridgehead atoms. The highest BCUT2D eigenvalue weighted by Crippen LogP contribution is 2.15. The van der Waals surface area contributed by atoms with Crippen molar-refractivity contribution in [1.82, 2.24) is 5.73 Å². The van der Waals surface area contributed by atoms with Crippen LogP contribution in [0, 0.1) is 0 Å². The van der Waals surface area contributed by atoms with Crippen molar-refractivity contribution in [1.29, 1.82) is 0 Å². The third-order valence-electron chi connectivity index (χ3n) is 3.77. The van der Waals surface area contributed by atoms with Gasteiger partial charge in [-0.3, -0.25) is 5.73 Å². The van der Waals surface area contributed by atoms with E-state index in [1.807, 2.05) is 0 Å².